The van der Waals surface area contributed by atoms with Crippen LogP contribution in [0.2, 0.25) is 5.02 Å². The van der Waals surface area contributed by atoms with Crippen LogP contribution in [0.15, 0.2) is 52.0 Å². The van der Waals surface area contributed by atoms with E-state index in [0.29, 0.717) is 16.4 Å². The van der Waals surface area contributed by atoms with E-state index in [0.717, 1.165) is 10.6 Å². The number of nitriles is 1. The van der Waals surface area contributed by atoms with Crippen LogP contribution in [-0.2, 0) is 4.79 Å². The number of rotatable bonds is 4. The predicted octanol–water partition coefficient (Wildman–Crippen LogP) is 5.07. The van der Waals surface area contributed by atoms with Crippen molar-refractivity contribution in [3.05, 3.63) is 62.8 Å². The van der Waals surface area contributed by atoms with Crippen molar-refractivity contribution in [2.24, 2.45) is 0 Å². The van der Waals surface area contributed by atoms with Crippen LogP contribution < -0.4 is 5.32 Å². The lowest BCUT2D eigenvalue weighted by atomic mass is 10.2. The van der Waals surface area contributed by atoms with Gasteiger partial charge < -0.3 is 5.32 Å². The number of nitrogens with zero attached hydrogens (tertiary/aromatic N) is 2. The van der Waals surface area contributed by atoms with Crippen molar-refractivity contribution in [2.75, 3.05) is 5.32 Å². The summed E-state index contributed by atoms with van der Waals surface area (Å²) in [6, 6.07) is 10.7. The van der Waals surface area contributed by atoms with Gasteiger partial charge in [0.25, 0.3) is 5.91 Å². The van der Waals surface area contributed by atoms with Gasteiger partial charge in [-0.05, 0) is 29.7 Å². The van der Waals surface area contributed by atoms with Gasteiger partial charge in [-0.3, -0.25) is 4.79 Å². The molecule has 4 nitrogen and oxygen atoms in total. The Morgan fingerprint density at radius 2 is 2.12 bits per heavy atom. The molecule has 7 heteroatoms. The number of benzene rings is 1. The normalized spacial score (nSPS) is 11.1. The van der Waals surface area contributed by atoms with Crippen LogP contribution >= 0.6 is 34.3 Å². The summed E-state index contributed by atoms with van der Waals surface area (Å²) in [6.45, 7) is 0. The van der Waals surface area contributed by atoms with Crippen molar-refractivity contribution in [1.29, 1.82) is 5.26 Å². The molecule has 0 aliphatic carbocycles. The minimum absolute atomic E-state index is 0.0305. The van der Waals surface area contributed by atoms with Gasteiger partial charge >= 0.3 is 0 Å². The second kappa shape index (κ2) is 7.41. The van der Waals surface area contributed by atoms with Gasteiger partial charge in [-0.25, -0.2) is 4.98 Å². The maximum Gasteiger partial charge on any atom is 0.266 e. The lowest BCUT2D eigenvalue weighted by Crippen LogP contribution is -2.13. The fourth-order valence-corrected chi connectivity index (χ4v) is 3.59. The van der Waals surface area contributed by atoms with Crippen LogP contribution in [0.25, 0.3) is 16.6 Å². The molecule has 2 heterocycles. The van der Waals surface area contributed by atoms with Crippen molar-refractivity contribution < 1.29 is 4.79 Å². The van der Waals surface area contributed by atoms with Gasteiger partial charge in [0, 0.05) is 16.3 Å². The summed E-state index contributed by atoms with van der Waals surface area (Å²) >= 11 is 9.07. The van der Waals surface area contributed by atoms with Gasteiger partial charge in [0.15, 0.2) is 0 Å². The van der Waals surface area contributed by atoms with Gasteiger partial charge in [-0.2, -0.15) is 16.6 Å². The first-order chi connectivity index (χ1) is 11.7. The zero-order chi connectivity index (χ0) is 16.9. The standard InChI is InChI=1S/C17H10ClN3OS2/c18-14-3-1-2-4-15(14)21-16(22)12(8-19)7-13-10-24-17(20-13)11-5-6-23-9-11/h1-7,9-10H,(H,21,22)/b12-7-. The van der Waals surface area contributed by atoms with Crippen LogP contribution in [0.3, 0.4) is 0 Å². The number of halogens is 1. The molecule has 0 radical (unpaired) electrons. The Morgan fingerprint density at radius 3 is 2.83 bits per heavy atom. The van der Waals surface area contributed by atoms with E-state index in [9.17, 15) is 10.1 Å². The Morgan fingerprint density at radius 1 is 1.29 bits per heavy atom. The lowest BCUT2D eigenvalue weighted by Gasteiger charge is -2.05. The highest BCUT2D eigenvalue weighted by Crippen LogP contribution is 2.27. The smallest absolute Gasteiger partial charge is 0.266 e. The van der Waals surface area contributed by atoms with Crippen molar-refractivity contribution >= 4 is 51.9 Å². The number of para-hydroxylation sites is 1. The summed E-state index contributed by atoms with van der Waals surface area (Å²) in [5.74, 6) is -0.518. The van der Waals surface area contributed by atoms with Gasteiger partial charge in [0.2, 0.25) is 0 Å². The maximum atomic E-state index is 12.3. The van der Waals surface area contributed by atoms with E-state index in [4.69, 9.17) is 11.6 Å². The first-order valence-corrected chi connectivity index (χ1v) is 9.03. The van der Waals surface area contributed by atoms with E-state index in [1.165, 1.54) is 17.4 Å². The van der Waals surface area contributed by atoms with Crippen molar-refractivity contribution in [3.63, 3.8) is 0 Å². The molecule has 1 amide bonds. The molecule has 0 unspecified atom stereocenters. The first-order valence-electron chi connectivity index (χ1n) is 6.83. The van der Waals surface area contributed by atoms with E-state index in [-0.39, 0.29) is 5.57 Å². The number of amides is 1. The molecule has 0 saturated carbocycles. The molecule has 3 aromatic rings. The van der Waals surface area contributed by atoms with Crippen LogP contribution in [0.1, 0.15) is 5.69 Å². The third-order valence-electron chi connectivity index (χ3n) is 3.07. The lowest BCUT2D eigenvalue weighted by molar-refractivity contribution is -0.112. The molecule has 1 aromatic carbocycles. The highest BCUT2D eigenvalue weighted by Gasteiger charge is 2.12. The molecule has 1 N–H and O–H groups in total. The van der Waals surface area contributed by atoms with Crippen molar-refractivity contribution in [1.82, 2.24) is 4.98 Å². The number of thiazole rings is 1. The fourth-order valence-electron chi connectivity index (χ4n) is 1.92. The van der Waals surface area contributed by atoms with E-state index < -0.39 is 5.91 Å². The quantitative estimate of drug-likeness (QED) is 0.514. The number of carbonyl (C=O) groups excluding carboxylic acids is 1. The third-order valence-corrected chi connectivity index (χ3v) is 4.99. The van der Waals surface area contributed by atoms with Crippen molar-refractivity contribution in [2.45, 2.75) is 0 Å². The molecule has 0 fully saturated rings. The Kier molecular flexibility index (Phi) is 5.06. The second-order valence-electron chi connectivity index (χ2n) is 4.69. The average Bonchev–Trinajstić information content (AvgIpc) is 3.25. The van der Waals surface area contributed by atoms with E-state index in [1.807, 2.05) is 28.3 Å². The largest absolute Gasteiger partial charge is 0.320 e. The number of hydrogen-bond acceptors (Lipinski definition) is 5. The first kappa shape index (κ1) is 16.4. The number of nitrogens with one attached hydrogen (secondary N) is 1. The predicted molar refractivity (Wildman–Crippen MR) is 99.1 cm³/mol. The summed E-state index contributed by atoms with van der Waals surface area (Å²) in [4.78, 5) is 16.7. The molecule has 0 spiro atoms. The van der Waals surface area contributed by atoms with Gasteiger partial charge in [-0.1, -0.05) is 23.7 Å². The summed E-state index contributed by atoms with van der Waals surface area (Å²) in [6.07, 6.45) is 1.47. The molecule has 118 valence electrons. The average molecular weight is 372 g/mol. The van der Waals surface area contributed by atoms with Crippen LogP contribution in [0, 0.1) is 11.3 Å². The Balaban J connectivity index is 1.81. The summed E-state index contributed by atoms with van der Waals surface area (Å²) in [7, 11) is 0. The molecule has 24 heavy (non-hydrogen) atoms. The highest BCUT2D eigenvalue weighted by molar-refractivity contribution is 7.14. The van der Waals surface area contributed by atoms with E-state index in [1.54, 1.807) is 35.6 Å². The van der Waals surface area contributed by atoms with Crippen molar-refractivity contribution in [3.8, 4) is 16.6 Å². The SMILES string of the molecule is N#C/C(=C/c1csc(-c2ccsc2)n1)C(=O)Nc1ccccc1Cl. The summed E-state index contributed by atoms with van der Waals surface area (Å²) < 4.78 is 0. The maximum absolute atomic E-state index is 12.3. The molecule has 0 bridgehead atoms. The second-order valence-corrected chi connectivity index (χ2v) is 6.74. The number of hydrogen-bond donors (Lipinski definition) is 1. The monoisotopic (exact) mass is 371 g/mol. The fraction of sp³-hybridized carbons (Fsp3) is 0. The Labute approximate surface area is 151 Å². The molecule has 0 aliphatic rings. The molecule has 0 atom stereocenters. The van der Waals surface area contributed by atoms with Crippen LogP contribution in [0.5, 0.6) is 0 Å². The Hall–Kier alpha value is -2.46. The molecule has 2 aromatic heterocycles. The molecule has 3 rings (SSSR count). The van der Waals surface area contributed by atoms with Gasteiger partial charge in [0.05, 0.1) is 16.4 Å². The molecular formula is C17H10ClN3OS2. The highest BCUT2D eigenvalue weighted by atomic mass is 35.5. The number of aromatic nitrogens is 1. The summed E-state index contributed by atoms with van der Waals surface area (Å²) in [5.41, 5.74) is 2.04. The zero-order valence-electron chi connectivity index (χ0n) is 12.2. The number of carbonyl (C=O) groups is 1. The molecular weight excluding hydrogens is 362 g/mol. The van der Waals surface area contributed by atoms with Gasteiger partial charge in [-0.15, -0.1) is 11.3 Å². The number of thiophene rings is 1. The zero-order valence-corrected chi connectivity index (χ0v) is 14.6. The minimum atomic E-state index is -0.518. The van der Waals surface area contributed by atoms with Gasteiger partial charge in [0.1, 0.15) is 16.6 Å². The van der Waals surface area contributed by atoms with Crippen LogP contribution in [-0.4, -0.2) is 10.9 Å². The van der Waals surface area contributed by atoms with Crippen LogP contribution in [0.4, 0.5) is 5.69 Å². The Bertz CT molecular complexity index is 939. The molecule has 0 saturated heterocycles. The minimum Gasteiger partial charge on any atom is -0.320 e. The van der Waals surface area contributed by atoms with E-state index >= 15 is 0 Å². The topological polar surface area (TPSA) is 65.8 Å². The van der Waals surface area contributed by atoms with E-state index in [2.05, 4.69) is 10.3 Å². The molecule has 0 aliphatic heterocycles. The third kappa shape index (κ3) is 3.71. The number of anilines is 1. The summed E-state index contributed by atoms with van der Waals surface area (Å²) in [5, 5.41) is 18.9.